The Morgan fingerprint density at radius 3 is 1.35 bits per heavy atom. The largest absolute Gasteiger partial charge is 0.632 e. The molecule has 1 fully saturated rings. The summed E-state index contributed by atoms with van der Waals surface area (Å²) < 4.78 is 6.94. The van der Waals surface area contributed by atoms with E-state index >= 15 is 0 Å². The molecule has 2 amide bonds. The number of hydrogen-bond donors (Lipinski definition) is 2. The minimum atomic E-state index is -0.904. The van der Waals surface area contributed by atoms with Gasteiger partial charge in [0.1, 0.15) is 39.3 Å². The molecule has 0 aliphatic carbocycles. The molecule has 12 nitrogen and oxygen atoms in total. The number of nitrogens with one attached hydrogen (secondary N) is 2. The Balaban J connectivity index is 2.43. The Kier molecular flexibility index (Phi) is 7.89. The Hall–Kier alpha value is -2.28. The van der Waals surface area contributed by atoms with Gasteiger partial charge in [-0.15, -0.1) is 0 Å². The van der Waals surface area contributed by atoms with Crippen LogP contribution >= 0.6 is 0 Å². The summed E-state index contributed by atoms with van der Waals surface area (Å²) in [5.41, 5.74) is 0. The van der Waals surface area contributed by atoms with Crippen LogP contribution in [0.5, 0.6) is 0 Å². The lowest BCUT2D eigenvalue weighted by Crippen LogP contribution is -2.65. The molecule has 0 aromatic rings. The highest BCUT2D eigenvalue weighted by molar-refractivity contribution is 5.83. The second-order valence-electron chi connectivity index (χ2n) is 6.03. The minimum absolute atomic E-state index is 0.139. The fraction of sp³-hybridized carbons (Fsp3) is 0.714. The van der Waals surface area contributed by atoms with E-state index in [9.17, 15) is 29.6 Å². The number of esters is 2. The van der Waals surface area contributed by atoms with Crippen LogP contribution in [0.25, 0.3) is 0 Å². The van der Waals surface area contributed by atoms with E-state index in [0.29, 0.717) is 0 Å². The number of hydroxylamine groups is 6. The number of ether oxygens (including phenoxy) is 2. The molecule has 1 aliphatic rings. The van der Waals surface area contributed by atoms with Gasteiger partial charge in [-0.1, -0.05) is 0 Å². The Labute approximate surface area is 150 Å². The summed E-state index contributed by atoms with van der Waals surface area (Å²) >= 11 is 0. The second kappa shape index (κ2) is 9.43. The molecule has 0 aromatic carbocycles. The van der Waals surface area contributed by atoms with E-state index in [1.807, 2.05) is 0 Å². The highest BCUT2D eigenvalue weighted by atomic mass is 16.6. The number of amides is 2. The zero-order valence-corrected chi connectivity index (χ0v) is 14.8. The van der Waals surface area contributed by atoms with E-state index in [4.69, 9.17) is 0 Å². The van der Waals surface area contributed by atoms with Crippen LogP contribution in [0.3, 0.4) is 0 Å². The molecule has 0 radical (unpaired) electrons. The Morgan fingerprint density at radius 2 is 1.08 bits per heavy atom. The Morgan fingerprint density at radius 1 is 0.769 bits per heavy atom. The van der Waals surface area contributed by atoms with Gasteiger partial charge in [0, 0.05) is 0 Å². The number of methoxy groups -OCH3 is 2. The first kappa shape index (κ1) is 21.8. The number of rotatable bonds is 8. The Bertz CT molecular complexity index is 497. The molecule has 1 heterocycles. The molecule has 148 valence electrons. The van der Waals surface area contributed by atoms with E-state index in [1.54, 1.807) is 0 Å². The van der Waals surface area contributed by atoms with E-state index in [0.717, 1.165) is 0 Å². The van der Waals surface area contributed by atoms with Crippen molar-refractivity contribution in [3.05, 3.63) is 10.4 Å². The third-order valence-corrected chi connectivity index (χ3v) is 4.01. The SMILES string of the molecule is COC(=O)CNC(=O)C[N+]1([O-])CC[N+]([O-])(CC(=O)NCC(=O)OC)CC1. The van der Waals surface area contributed by atoms with Gasteiger partial charge in [-0.25, -0.2) is 0 Å². The fourth-order valence-electron chi connectivity index (χ4n) is 2.39. The van der Waals surface area contributed by atoms with Crippen molar-refractivity contribution in [1.29, 1.82) is 0 Å². The lowest BCUT2D eigenvalue weighted by atomic mass is 10.2. The monoisotopic (exact) mass is 376 g/mol. The van der Waals surface area contributed by atoms with Crippen molar-refractivity contribution in [3.63, 3.8) is 0 Å². The number of nitrogens with zero attached hydrogens (tertiary/aromatic N) is 2. The van der Waals surface area contributed by atoms with Gasteiger partial charge < -0.3 is 39.8 Å². The highest BCUT2D eigenvalue weighted by Crippen LogP contribution is 2.17. The van der Waals surface area contributed by atoms with Crippen molar-refractivity contribution in [1.82, 2.24) is 10.6 Å². The van der Waals surface area contributed by atoms with Crippen molar-refractivity contribution in [2.24, 2.45) is 0 Å². The third-order valence-electron chi connectivity index (χ3n) is 4.01. The van der Waals surface area contributed by atoms with Crippen molar-refractivity contribution in [2.75, 3.05) is 66.6 Å². The van der Waals surface area contributed by atoms with Gasteiger partial charge in [-0.05, 0) is 0 Å². The van der Waals surface area contributed by atoms with Gasteiger partial charge in [-0.2, -0.15) is 0 Å². The predicted molar refractivity (Wildman–Crippen MR) is 86.5 cm³/mol. The average molecular weight is 376 g/mol. The molecule has 12 heteroatoms. The maximum absolute atomic E-state index is 12.5. The first-order chi connectivity index (χ1) is 12.1. The number of carbonyl (C=O) groups is 4. The predicted octanol–water partition coefficient (Wildman–Crippen LogP) is -2.79. The topological polar surface area (TPSA) is 157 Å². The number of piperazine rings is 1. The molecule has 1 saturated heterocycles. The normalized spacial score (nSPS) is 25.1. The van der Waals surface area contributed by atoms with Gasteiger partial charge in [0.2, 0.25) is 0 Å². The van der Waals surface area contributed by atoms with Crippen LogP contribution in [0.15, 0.2) is 0 Å². The molecule has 0 unspecified atom stereocenters. The van der Waals surface area contributed by atoms with E-state index in [-0.39, 0.29) is 39.3 Å². The summed E-state index contributed by atoms with van der Waals surface area (Å²) in [4.78, 5) is 45.4. The maximum atomic E-state index is 12.5. The van der Waals surface area contributed by atoms with Crippen LogP contribution in [-0.2, 0) is 28.7 Å². The molecule has 1 aliphatic heterocycles. The van der Waals surface area contributed by atoms with E-state index in [1.165, 1.54) is 14.2 Å². The number of quaternary nitrogens is 2. The number of hydrogen-bond acceptors (Lipinski definition) is 8. The molecular weight excluding hydrogens is 352 g/mol. The van der Waals surface area contributed by atoms with Crippen LogP contribution in [0.1, 0.15) is 0 Å². The second-order valence-corrected chi connectivity index (χ2v) is 6.03. The van der Waals surface area contributed by atoms with Crippen LogP contribution in [-0.4, -0.2) is 99.6 Å². The average Bonchev–Trinajstić information content (AvgIpc) is 2.60. The molecule has 1 rings (SSSR count). The van der Waals surface area contributed by atoms with Gasteiger partial charge in [-0.3, -0.25) is 19.2 Å². The summed E-state index contributed by atoms with van der Waals surface area (Å²) in [5, 5.41) is 29.6. The minimum Gasteiger partial charge on any atom is -0.632 e. The standard InChI is InChI=1S/C14H24N4O8/c1-25-13(21)7-15-11(19)9-17(23)3-5-18(24,6-4-17)10-12(20)16-8-14(22)26-2/h3-10H2,1-2H3,(H,15,19)(H,16,20). The lowest BCUT2D eigenvalue weighted by Gasteiger charge is -2.53. The summed E-state index contributed by atoms with van der Waals surface area (Å²) in [6.45, 7) is -2.08. The third kappa shape index (κ3) is 7.31. The molecule has 0 atom stereocenters. The zero-order chi connectivity index (χ0) is 19.8. The van der Waals surface area contributed by atoms with Gasteiger partial charge in [0.25, 0.3) is 11.8 Å². The molecule has 0 spiro atoms. The van der Waals surface area contributed by atoms with Gasteiger partial charge in [0.05, 0.1) is 14.2 Å². The highest BCUT2D eigenvalue weighted by Gasteiger charge is 2.35. The molecule has 0 aromatic heterocycles. The first-order valence-electron chi connectivity index (χ1n) is 7.93. The van der Waals surface area contributed by atoms with Crippen molar-refractivity contribution >= 4 is 23.8 Å². The first-order valence-corrected chi connectivity index (χ1v) is 7.93. The van der Waals surface area contributed by atoms with Crippen molar-refractivity contribution in [2.45, 2.75) is 0 Å². The van der Waals surface area contributed by atoms with Crippen molar-refractivity contribution < 1.29 is 37.9 Å². The number of carbonyl (C=O) groups excluding carboxylic acids is 4. The molecular formula is C14H24N4O8. The quantitative estimate of drug-likeness (QED) is 0.261. The lowest BCUT2D eigenvalue weighted by molar-refractivity contribution is -0.982. The van der Waals surface area contributed by atoms with Crippen LogP contribution in [0.2, 0.25) is 0 Å². The fourth-order valence-corrected chi connectivity index (χ4v) is 2.39. The van der Waals surface area contributed by atoms with Gasteiger partial charge in [0.15, 0.2) is 13.1 Å². The zero-order valence-electron chi connectivity index (χ0n) is 14.8. The van der Waals surface area contributed by atoms with Crippen molar-refractivity contribution in [3.8, 4) is 0 Å². The van der Waals surface area contributed by atoms with Crippen LogP contribution in [0.4, 0.5) is 0 Å². The smallest absolute Gasteiger partial charge is 0.325 e. The van der Waals surface area contributed by atoms with Gasteiger partial charge >= 0.3 is 11.9 Å². The van der Waals surface area contributed by atoms with Crippen LogP contribution in [0, 0.1) is 10.4 Å². The summed E-state index contributed by atoms with van der Waals surface area (Å²) in [7, 11) is 2.35. The molecule has 26 heavy (non-hydrogen) atoms. The molecule has 2 N–H and O–H groups in total. The molecule has 0 saturated carbocycles. The van der Waals surface area contributed by atoms with Crippen LogP contribution < -0.4 is 10.6 Å². The maximum Gasteiger partial charge on any atom is 0.325 e. The van der Waals surface area contributed by atoms with E-state index < -0.39 is 46.1 Å². The van der Waals surface area contributed by atoms with E-state index in [2.05, 4.69) is 20.1 Å². The molecule has 0 bridgehead atoms. The summed E-state index contributed by atoms with van der Waals surface area (Å²) in [6.07, 6.45) is 0. The summed E-state index contributed by atoms with van der Waals surface area (Å²) in [6, 6.07) is 0. The summed E-state index contributed by atoms with van der Waals surface area (Å²) in [5.74, 6) is -2.51.